The van der Waals surface area contributed by atoms with Crippen molar-refractivity contribution in [3.05, 3.63) is 12.2 Å². The van der Waals surface area contributed by atoms with Gasteiger partial charge in [-0.15, -0.1) is 0 Å². The van der Waals surface area contributed by atoms with E-state index in [-0.39, 0.29) is 0 Å². The fourth-order valence-corrected chi connectivity index (χ4v) is 2.06. The van der Waals surface area contributed by atoms with Crippen LogP contribution in [0.15, 0.2) is 12.2 Å². The molecule has 13 heavy (non-hydrogen) atoms. The van der Waals surface area contributed by atoms with E-state index < -0.39 is 0 Å². The highest BCUT2D eigenvalue weighted by molar-refractivity contribution is 5.05. The van der Waals surface area contributed by atoms with Crippen LogP contribution >= 0.6 is 0 Å². The first-order chi connectivity index (χ1) is 5.93. The van der Waals surface area contributed by atoms with Gasteiger partial charge in [-0.3, -0.25) is 4.90 Å². The molecule has 76 valence electrons. The largest absolute Gasteiger partial charge is 0.294 e. The summed E-state index contributed by atoms with van der Waals surface area (Å²) < 4.78 is 0. The third kappa shape index (κ3) is 2.57. The lowest BCUT2D eigenvalue weighted by atomic mass is 9.83. The van der Waals surface area contributed by atoms with Gasteiger partial charge in [-0.25, -0.2) is 0 Å². The minimum absolute atomic E-state index is 0.362. The maximum atomic E-state index is 2.60. The van der Waals surface area contributed by atoms with E-state index in [4.69, 9.17) is 0 Å². The van der Waals surface area contributed by atoms with Gasteiger partial charge in [0.2, 0.25) is 0 Å². The lowest BCUT2D eigenvalue weighted by Gasteiger charge is -2.42. The smallest absolute Gasteiger partial charge is 0.0329 e. The first-order valence-electron chi connectivity index (χ1n) is 5.35. The van der Waals surface area contributed by atoms with Crippen LogP contribution < -0.4 is 0 Å². The van der Waals surface area contributed by atoms with Crippen molar-refractivity contribution >= 4 is 0 Å². The van der Waals surface area contributed by atoms with Gasteiger partial charge in [0.15, 0.2) is 0 Å². The SMILES string of the molecule is CC(C)N1CCC=CC1C(C)(C)C. The maximum Gasteiger partial charge on any atom is 0.0329 e. The summed E-state index contributed by atoms with van der Waals surface area (Å²) in [4.78, 5) is 2.60. The van der Waals surface area contributed by atoms with E-state index in [1.165, 1.54) is 13.0 Å². The van der Waals surface area contributed by atoms with E-state index in [1.807, 2.05) is 0 Å². The van der Waals surface area contributed by atoms with Gasteiger partial charge < -0.3 is 0 Å². The van der Waals surface area contributed by atoms with Gasteiger partial charge in [-0.2, -0.15) is 0 Å². The molecule has 0 aromatic rings. The molecule has 1 unspecified atom stereocenters. The molecule has 0 radical (unpaired) electrons. The molecule has 0 aliphatic carbocycles. The van der Waals surface area contributed by atoms with Crippen molar-refractivity contribution in [2.75, 3.05) is 6.54 Å². The molecular weight excluding hydrogens is 158 g/mol. The topological polar surface area (TPSA) is 3.24 Å². The van der Waals surface area contributed by atoms with Crippen LogP contribution in [-0.4, -0.2) is 23.5 Å². The molecule has 0 bridgehead atoms. The lowest BCUT2D eigenvalue weighted by Crippen LogP contribution is -2.48. The summed E-state index contributed by atoms with van der Waals surface area (Å²) >= 11 is 0. The molecule has 1 nitrogen and oxygen atoms in total. The normalized spacial score (nSPS) is 25.5. The Labute approximate surface area is 82.8 Å². The Morgan fingerprint density at radius 1 is 1.31 bits per heavy atom. The first-order valence-corrected chi connectivity index (χ1v) is 5.35. The average Bonchev–Trinajstić information content (AvgIpc) is 2.03. The Balaban J connectivity index is 2.78. The van der Waals surface area contributed by atoms with E-state index in [2.05, 4.69) is 51.7 Å². The van der Waals surface area contributed by atoms with Crippen molar-refractivity contribution in [1.29, 1.82) is 0 Å². The minimum atomic E-state index is 0.362. The van der Waals surface area contributed by atoms with Gasteiger partial charge >= 0.3 is 0 Å². The fourth-order valence-electron chi connectivity index (χ4n) is 2.06. The number of hydrogen-bond acceptors (Lipinski definition) is 1. The number of rotatable bonds is 1. The van der Waals surface area contributed by atoms with Gasteiger partial charge in [0, 0.05) is 18.6 Å². The van der Waals surface area contributed by atoms with E-state index in [0.29, 0.717) is 17.5 Å². The molecule has 1 aliphatic heterocycles. The number of hydrogen-bond donors (Lipinski definition) is 0. The second-order valence-corrected chi connectivity index (χ2v) is 5.36. The standard InChI is InChI=1S/C12H23N/c1-10(2)13-9-7-6-8-11(13)12(3,4)5/h6,8,10-11H,7,9H2,1-5H3. The summed E-state index contributed by atoms with van der Waals surface area (Å²) in [5, 5.41) is 0. The van der Waals surface area contributed by atoms with Crippen molar-refractivity contribution in [3.8, 4) is 0 Å². The van der Waals surface area contributed by atoms with Crippen LogP contribution in [-0.2, 0) is 0 Å². The Hall–Kier alpha value is -0.300. The fraction of sp³-hybridized carbons (Fsp3) is 0.833. The van der Waals surface area contributed by atoms with Gasteiger partial charge in [0.05, 0.1) is 0 Å². The Morgan fingerprint density at radius 2 is 1.92 bits per heavy atom. The molecule has 1 heterocycles. The predicted molar refractivity (Wildman–Crippen MR) is 58.8 cm³/mol. The monoisotopic (exact) mass is 181 g/mol. The van der Waals surface area contributed by atoms with Gasteiger partial charge in [0.1, 0.15) is 0 Å². The highest BCUT2D eigenvalue weighted by Gasteiger charge is 2.30. The van der Waals surface area contributed by atoms with Crippen molar-refractivity contribution in [2.24, 2.45) is 5.41 Å². The average molecular weight is 181 g/mol. The first kappa shape index (κ1) is 10.8. The summed E-state index contributed by atoms with van der Waals surface area (Å²) in [5.74, 6) is 0. The highest BCUT2D eigenvalue weighted by Crippen LogP contribution is 2.29. The second kappa shape index (κ2) is 3.83. The van der Waals surface area contributed by atoms with Gasteiger partial charge in [-0.1, -0.05) is 32.9 Å². The quantitative estimate of drug-likeness (QED) is 0.562. The zero-order chi connectivity index (χ0) is 10.1. The Kier molecular flexibility index (Phi) is 3.18. The molecular formula is C12H23N. The van der Waals surface area contributed by atoms with Crippen LogP contribution in [0, 0.1) is 5.41 Å². The van der Waals surface area contributed by atoms with E-state index >= 15 is 0 Å². The molecule has 0 fully saturated rings. The summed E-state index contributed by atoms with van der Waals surface area (Å²) in [6.45, 7) is 12.8. The van der Waals surface area contributed by atoms with Crippen LogP contribution in [0.1, 0.15) is 41.0 Å². The van der Waals surface area contributed by atoms with Crippen LogP contribution in [0.4, 0.5) is 0 Å². The molecule has 0 saturated carbocycles. The molecule has 0 N–H and O–H groups in total. The van der Waals surface area contributed by atoms with Crippen LogP contribution in [0.5, 0.6) is 0 Å². The summed E-state index contributed by atoms with van der Waals surface area (Å²) in [6, 6.07) is 1.27. The Morgan fingerprint density at radius 3 is 2.31 bits per heavy atom. The molecule has 1 rings (SSSR count). The summed E-state index contributed by atoms with van der Waals surface area (Å²) in [6.07, 6.45) is 5.92. The predicted octanol–water partition coefficient (Wildman–Crippen LogP) is 3.07. The molecule has 1 heteroatoms. The Bertz CT molecular complexity index is 186. The molecule has 0 spiro atoms. The lowest BCUT2D eigenvalue weighted by molar-refractivity contribution is 0.0977. The van der Waals surface area contributed by atoms with Crippen molar-refractivity contribution in [1.82, 2.24) is 4.90 Å². The van der Waals surface area contributed by atoms with Crippen molar-refractivity contribution in [3.63, 3.8) is 0 Å². The molecule has 0 aromatic carbocycles. The van der Waals surface area contributed by atoms with E-state index in [1.54, 1.807) is 0 Å². The third-order valence-corrected chi connectivity index (χ3v) is 2.78. The number of nitrogens with zero attached hydrogens (tertiary/aromatic N) is 1. The maximum absolute atomic E-state index is 2.60. The molecule has 0 amide bonds. The van der Waals surface area contributed by atoms with Crippen molar-refractivity contribution < 1.29 is 0 Å². The van der Waals surface area contributed by atoms with Crippen LogP contribution in [0.2, 0.25) is 0 Å². The molecule has 1 atom stereocenters. The molecule has 0 aromatic heterocycles. The van der Waals surface area contributed by atoms with E-state index in [0.717, 1.165) is 0 Å². The zero-order valence-corrected chi connectivity index (χ0v) is 9.67. The second-order valence-electron chi connectivity index (χ2n) is 5.36. The van der Waals surface area contributed by atoms with Crippen LogP contribution in [0.3, 0.4) is 0 Å². The summed E-state index contributed by atoms with van der Waals surface area (Å²) in [5.41, 5.74) is 0.362. The van der Waals surface area contributed by atoms with Crippen LogP contribution in [0.25, 0.3) is 0 Å². The summed E-state index contributed by atoms with van der Waals surface area (Å²) in [7, 11) is 0. The highest BCUT2D eigenvalue weighted by atomic mass is 15.2. The zero-order valence-electron chi connectivity index (χ0n) is 9.67. The third-order valence-electron chi connectivity index (χ3n) is 2.78. The van der Waals surface area contributed by atoms with Crippen molar-refractivity contribution in [2.45, 2.75) is 53.1 Å². The van der Waals surface area contributed by atoms with E-state index in [9.17, 15) is 0 Å². The molecule has 0 saturated heterocycles. The molecule has 1 aliphatic rings. The van der Waals surface area contributed by atoms with Gasteiger partial charge in [-0.05, 0) is 25.7 Å². The minimum Gasteiger partial charge on any atom is -0.294 e. The van der Waals surface area contributed by atoms with Gasteiger partial charge in [0.25, 0.3) is 0 Å².